The van der Waals surface area contributed by atoms with Crippen LogP contribution in [0.5, 0.6) is 5.75 Å². The molecule has 2 fully saturated rings. The number of anilines is 1. The number of carboxylic acid groups (broad SMARTS) is 1. The number of hydrogen-bond acceptors (Lipinski definition) is 4. The summed E-state index contributed by atoms with van der Waals surface area (Å²) in [4.78, 5) is 8.90. The standard InChI is InChI=1S/C18H26N2O.C2HF3O2/c1-2-19-16-10-12-9-15-13-5-3-4-6-18(13,7-8-20-15)14(12)11-17(16)21;3-2(4,5)1(6)7/h10-11,13,15,19-21H,2-9H2,1H3;(H,6,7)/t13-,15+,18+;/m1./s1. The predicted molar refractivity (Wildman–Crippen MR) is 99.7 cm³/mol. The third-order valence-electron chi connectivity index (χ3n) is 6.37. The molecule has 1 saturated carbocycles. The number of phenolic OH excluding ortho intramolecular Hbond substituents is 1. The molecule has 4 rings (SSSR count). The van der Waals surface area contributed by atoms with Crippen LogP contribution in [0.25, 0.3) is 0 Å². The zero-order valence-corrected chi connectivity index (χ0v) is 15.9. The normalized spacial score (nSPS) is 28.3. The Hall–Kier alpha value is -1.96. The van der Waals surface area contributed by atoms with E-state index in [1.807, 2.05) is 0 Å². The molecule has 1 heterocycles. The van der Waals surface area contributed by atoms with Gasteiger partial charge < -0.3 is 20.8 Å². The van der Waals surface area contributed by atoms with Crippen LogP contribution in [0, 0.1) is 5.92 Å². The highest BCUT2D eigenvalue weighted by Crippen LogP contribution is 2.55. The Labute approximate surface area is 162 Å². The van der Waals surface area contributed by atoms with Gasteiger partial charge in [0, 0.05) is 18.0 Å². The van der Waals surface area contributed by atoms with Crippen molar-refractivity contribution in [1.82, 2.24) is 5.32 Å². The van der Waals surface area contributed by atoms with Gasteiger partial charge >= 0.3 is 12.1 Å². The predicted octanol–water partition coefficient (Wildman–Crippen LogP) is 3.80. The third-order valence-corrected chi connectivity index (χ3v) is 6.37. The van der Waals surface area contributed by atoms with Crippen molar-refractivity contribution in [2.45, 2.75) is 63.1 Å². The van der Waals surface area contributed by atoms with Crippen molar-refractivity contribution in [3.05, 3.63) is 23.3 Å². The van der Waals surface area contributed by atoms with Gasteiger partial charge in [0.1, 0.15) is 5.75 Å². The fourth-order valence-corrected chi connectivity index (χ4v) is 5.30. The van der Waals surface area contributed by atoms with Crippen molar-refractivity contribution in [3.8, 4) is 5.75 Å². The number of phenols is 1. The number of alkyl halides is 3. The summed E-state index contributed by atoms with van der Waals surface area (Å²) in [6, 6.07) is 4.94. The number of piperidine rings is 1. The van der Waals surface area contributed by atoms with Crippen LogP contribution in [0.1, 0.15) is 50.2 Å². The van der Waals surface area contributed by atoms with E-state index in [1.54, 1.807) is 0 Å². The lowest BCUT2D eigenvalue weighted by Gasteiger charge is -2.56. The minimum atomic E-state index is -5.08. The lowest BCUT2D eigenvalue weighted by molar-refractivity contribution is -0.192. The molecule has 28 heavy (non-hydrogen) atoms. The van der Waals surface area contributed by atoms with E-state index in [9.17, 15) is 18.3 Å². The molecule has 0 spiro atoms. The monoisotopic (exact) mass is 400 g/mol. The van der Waals surface area contributed by atoms with Crippen LogP contribution in [0.4, 0.5) is 18.9 Å². The number of carboxylic acids is 1. The van der Waals surface area contributed by atoms with Crippen LogP contribution in [-0.4, -0.2) is 41.5 Å². The van der Waals surface area contributed by atoms with Gasteiger partial charge in [0.25, 0.3) is 0 Å². The van der Waals surface area contributed by atoms with Gasteiger partial charge in [0.2, 0.25) is 0 Å². The highest BCUT2D eigenvalue weighted by molar-refractivity contribution is 5.73. The van der Waals surface area contributed by atoms with Gasteiger partial charge in [-0.15, -0.1) is 0 Å². The Kier molecular flexibility index (Phi) is 5.79. The number of rotatable bonds is 2. The van der Waals surface area contributed by atoms with Gasteiger partial charge in [0.05, 0.1) is 5.69 Å². The van der Waals surface area contributed by atoms with E-state index in [-0.39, 0.29) is 0 Å². The molecule has 8 heteroatoms. The Morgan fingerprint density at radius 3 is 2.68 bits per heavy atom. The third kappa shape index (κ3) is 3.79. The fourth-order valence-electron chi connectivity index (χ4n) is 5.30. The molecule has 0 radical (unpaired) electrons. The number of benzene rings is 1. The molecule has 0 aromatic heterocycles. The van der Waals surface area contributed by atoms with E-state index in [2.05, 4.69) is 29.7 Å². The molecule has 156 valence electrons. The first kappa shape index (κ1) is 20.8. The van der Waals surface area contributed by atoms with Crippen LogP contribution >= 0.6 is 0 Å². The van der Waals surface area contributed by atoms with Crippen molar-refractivity contribution in [2.75, 3.05) is 18.4 Å². The van der Waals surface area contributed by atoms with E-state index in [1.165, 1.54) is 43.2 Å². The lowest BCUT2D eigenvalue weighted by Crippen LogP contribution is -2.59. The first-order valence-electron chi connectivity index (χ1n) is 9.83. The zero-order valence-electron chi connectivity index (χ0n) is 15.9. The minimum Gasteiger partial charge on any atom is -0.506 e. The SMILES string of the molecule is CCNc1cc2c(cc1O)[C@]13CCCC[C@@H]1[C@H](C2)NCC3.O=C(O)C(F)(F)F. The van der Waals surface area contributed by atoms with Gasteiger partial charge in [0.15, 0.2) is 0 Å². The Bertz CT molecular complexity index is 734. The van der Waals surface area contributed by atoms with Crippen LogP contribution in [0.3, 0.4) is 0 Å². The molecule has 1 aliphatic heterocycles. The smallest absolute Gasteiger partial charge is 0.490 e. The summed E-state index contributed by atoms with van der Waals surface area (Å²) in [5.41, 5.74) is 4.16. The topological polar surface area (TPSA) is 81.6 Å². The second kappa shape index (κ2) is 7.81. The summed E-state index contributed by atoms with van der Waals surface area (Å²) in [6.07, 6.45) is 2.66. The number of aromatic hydroxyl groups is 1. The van der Waals surface area contributed by atoms with E-state index in [4.69, 9.17) is 9.90 Å². The summed E-state index contributed by atoms with van der Waals surface area (Å²) in [5.74, 6) is -1.55. The van der Waals surface area contributed by atoms with Gasteiger partial charge in [-0.3, -0.25) is 0 Å². The average molecular weight is 400 g/mol. The quantitative estimate of drug-likeness (QED) is 0.568. The molecular formula is C20H27F3N2O3. The molecule has 4 N–H and O–H groups in total. The molecular weight excluding hydrogens is 373 g/mol. The van der Waals surface area contributed by atoms with Crippen molar-refractivity contribution < 1.29 is 28.2 Å². The van der Waals surface area contributed by atoms with Gasteiger partial charge in [-0.2, -0.15) is 13.2 Å². The van der Waals surface area contributed by atoms with Gasteiger partial charge in [-0.05, 0) is 68.3 Å². The molecule has 0 amide bonds. The van der Waals surface area contributed by atoms with Crippen LogP contribution in [0.15, 0.2) is 12.1 Å². The van der Waals surface area contributed by atoms with Crippen LogP contribution in [-0.2, 0) is 16.6 Å². The Balaban J connectivity index is 0.000000279. The molecule has 0 unspecified atom stereocenters. The minimum absolute atomic E-state index is 0.337. The summed E-state index contributed by atoms with van der Waals surface area (Å²) >= 11 is 0. The molecule has 2 bridgehead atoms. The molecule has 1 saturated heterocycles. The van der Waals surface area contributed by atoms with Gasteiger partial charge in [-0.25, -0.2) is 4.79 Å². The number of aliphatic carboxylic acids is 1. The number of fused-ring (bicyclic) bond motifs is 1. The van der Waals surface area contributed by atoms with Crippen molar-refractivity contribution in [2.24, 2.45) is 5.92 Å². The molecule has 3 atom stereocenters. The highest BCUT2D eigenvalue weighted by atomic mass is 19.4. The average Bonchev–Trinajstić information content (AvgIpc) is 2.63. The molecule has 3 aliphatic rings. The number of nitrogens with one attached hydrogen (secondary N) is 2. The zero-order chi connectivity index (χ0) is 20.5. The van der Waals surface area contributed by atoms with Crippen molar-refractivity contribution in [1.29, 1.82) is 0 Å². The maximum absolute atomic E-state index is 10.6. The number of hydrogen-bond donors (Lipinski definition) is 4. The maximum atomic E-state index is 10.6. The second-order valence-corrected chi connectivity index (χ2v) is 7.88. The molecule has 5 nitrogen and oxygen atoms in total. The van der Waals surface area contributed by atoms with Crippen molar-refractivity contribution in [3.63, 3.8) is 0 Å². The molecule has 1 aromatic rings. The number of halogens is 3. The van der Waals surface area contributed by atoms with E-state index in [0.717, 1.165) is 31.1 Å². The summed E-state index contributed by atoms with van der Waals surface area (Å²) in [7, 11) is 0. The fraction of sp³-hybridized carbons (Fsp3) is 0.650. The largest absolute Gasteiger partial charge is 0.506 e. The second-order valence-electron chi connectivity index (χ2n) is 7.88. The van der Waals surface area contributed by atoms with E-state index >= 15 is 0 Å². The maximum Gasteiger partial charge on any atom is 0.490 e. The van der Waals surface area contributed by atoms with Crippen LogP contribution in [0.2, 0.25) is 0 Å². The lowest BCUT2D eigenvalue weighted by atomic mass is 9.53. The van der Waals surface area contributed by atoms with Crippen molar-refractivity contribution >= 4 is 11.7 Å². The first-order chi connectivity index (χ1) is 13.2. The Morgan fingerprint density at radius 2 is 2.04 bits per heavy atom. The van der Waals surface area contributed by atoms with E-state index < -0.39 is 12.1 Å². The van der Waals surface area contributed by atoms with Crippen LogP contribution < -0.4 is 10.6 Å². The van der Waals surface area contributed by atoms with Gasteiger partial charge in [-0.1, -0.05) is 12.8 Å². The Morgan fingerprint density at radius 1 is 1.32 bits per heavy atom. The highest BCUT2D eigenvalue weighted by Gasteiger charge is 2.51. The number of carbonyl (C=O) groups is 1. The molecule has 1 aromatic carbocycles. The summed E-state index contributed by atoms with van der Waals surface area (Å²) in [6.45, 7) is 4.06. The first-order valence-corrected chi connectivity index (χ1v) is 9.83. The summed E-state index contributed by atoms with van der Waals surface area (Å²) in [5, 5.41) is 24.6. The molecule has 2 aliphatic carbocycles. The van der Waals surface area contributed by atoms with E-state index in [0.29, 0.717) is 17.2 Å². The summed E-state index contributed by atoms with van der Waals surface area (Å²) < 4.78 is 31.7.